The van der Waals surface area contributed by atoms with Gasteiger partial charge in [0.05, 0.1) is 24.3 Å². The first-order valence-electron chi connectivity index (χ1n) is 5.22. The molecular weight excluding hydrogens is 272 g/mol. The largest absolute Gasteiger partial charge is 0.497 e. The lowest BCUT2D eigenvalue weighted by Crippen LogP contribution is -1.95. The van der Waals surface area contributed by atoms with Crippen LogP contribution < -0.4 is 9.47 Å². The number of rotatable bonds is 4. The normalized spacial score (nSPS) is 10.0. The molecule has 19 heavy (non-hydrogen) atoms. The van der Waals surface area contributed by atoms with E-state index < -0.39 is 4.92 Å². The highest BCUT2D eigenvalue weighted by Crippen LogP contribution is 2.33. The van der Waals surface area contributed by atoms with E-state index in [4.69, 9.17) is 21.1 Å². The highest BCUT2D eigenvalue weighted by atomic mass is 35.5. The number of pyridine rings is 1. The molecule has 98 valence electrons. The predicted molar refractivity (Wildman–Crippen MR) is 69.0 cm³/mol. The molecule has 0 N–H and O–H groups in total. The Labute approximate surface area is 113 Å². The van der Waals surface area contributed by atoms with Crippen molar-refractivity contribution in [3.05, 3.63) is 51.8 Å². The van der Waals surface area contributed by atoms with Crippen molar-refractivity contribution in [3.63, 3.8) is 0 Å². The van der Waals surface area contributed by atoms with Crippen LogP contribution in [0.4, 0.5) is 5.69 Å². The first kappa shape index (κ1) is 13.1. The maximum atomic E-state index is 10.9. The molecule has 2 aromatic rings. The van der Waals surface area contributed by atoms with E-state index >= 15 is 0 Å². The maximum Gasteiger partial charge on any atom is 0.316 e. The Hall–Kier alpha value is -2.34. The smallest absolute Gasteiger partial charge is 0.316 e. The van der Waals surface area contributed by atoms with E-state index in [9.17, 15) is 10.1 Å². The lowest BCUT2D eigenvalue weighted by molar-refractivity contribution is -0.385. The van der Waals surface area contributed by atoms with Crippen LogP contribution >= 0.6 is 11.6 Å². The van der Waals surface area contributed by atoms with Crippen molar-refractivity contribution in [2.45, 2.75) is 0 Å². The molecule has 1 aromatic carbocycles. The predicted octanol–water partition coefficient (Wildman–Crippen LogP) is 3.44. The van der Waals surface area contributed by atoms with Gasteiger partial charge in [-0.15, -0.1) is 0 Å². The summed E-state index contributed by atoms with van der Waals surface area (Å²) in [4.78, 5) is 14.1. The molecule has 1 heterocycles. The van der Waals surface area contributed by atoms with Crippen molar-refractivity contribution in [2.75, 3.05) is 7.11 Å². The quantitative estimate of drug-likeness (QED) is 0.487. The van der Waals surface area contributed by atoms with Gasteiger partial charge in [-0.1, -0.05) is 17.7 Å². The van der Waals surface area contributed by atoms with Gasteiger partial charge in [0, 0.05) is 6.07 Å². The van der Waals surface area contributed by atoms with Crippen LogP contribution in [-0.4, -0.2) is 17.0 Å². The zero-order chi connectivity index (χ0) is 13.8. The van der Waals surface area contributed by atoms with Crippen molar-refractivity contribution in [2.24, 2.45) is 0 Å². The van der Waals surface area contributed by atoms with Gasteiger partial charge in [-0.05, 0) is 12.1 Å². The molecule has 0 unspecified atom stereocenters. The second-order valence-electron chi connectivity index (χ2n) is 3.51. The van der Waals surface area contributed by atoms with Crippen LogP contribution in [0.2, 0.25) is 5.15 Å². The molecule has 0 radical (unpaired) electrons. The van der Waals surface area contributed by atoms with Crippen molar-refractivity contribution in [1.82, 2.24) is 4.98 Å². The highest BCUT2D eigenvalue weighted by molar-refractivity contribution is 6.29. The van der Waals surface area contributed by atoms with Crippen LogP contribution in [0.3, 0.4) is 0 Å². The monoisotopic (exact) mass is 280 g/mol. The molecule has 0 atom stereocenters. The van der Waals surface area contributed by atoms with E-state index in [-0.39, 0.29) is 16.6 Å². The summed E-state index contributed by atoms with van der Waals surface area (Å²) in [5.41, 5.74) is -0.247. The topological polar surface area (TPSA) is 74.5 Å². The molecule has 0 bridgehead atoms. The minimum absolute atomic E-state index is 0.0163. The molecular formula is C12H9ClN2O4. The average molecular weight is 281 g/mol. The van der Waals surface area contributed by atoms with E-state index in [2.05, 4.69) is 4.98 Å². The summed E-state index contributed by atoms with van der Waals surface area (Å²) in [5, 5.41) is 10.9. The molecule has 0 spiro atoms. The number of methoxy groups -OCH3 is 1. The van der Waals surface area contributed by atoms with Crippen LogP contribution in [0.5, 0.6) is 17.2 Å². The van der Waals surface area contributed by atoms with Gasteiger partial charge in [0.1, 0.15) is 16.7 Å². The van der Waals surface area contributed by atoms with E-state index in [0.717, 1.165) is 6.07 Å². The fraction of sp³-hybridized carbons (Fsp3) is 0.0833. The lowest BCUT2D eigenvalue weighted by Gasteiger charge is -2.07. The van der Waals surface area contributed by atoms with Crippen molar-refractivity contribution in [1.29, 1.82) is 0 Å². The van der Waals surface area contributed by atoms with E-state index in [1.807, 2.05) is 0 Å². The Kier molecular flexibility index (Phi) is 3.82. The van der Waals surface area contributed by atoms with E-state index in [1.165, 1.54) is 13.3 Å². The molecule has 0 saturated heterocycles. The van der Waals surface area contributed by atoms with Crippen molar-refractivity contribution >= 4 is 17.3 Å². The summed E-state index contributed by atoms with van der Waals surface area (Å²) in [6.45, 7) is 0. The molecule has 1 aromatic heterocycles. The van der Waals surface area contributed by atoms with Gasteiger partial charge >= 0.3 is 5.69 Å². The molecule has 6 nitrogen and oxygen atoms in total. The maximum absolute atomic E-state index is 10.9. The Morgan fingerprint density at radius 3 is 2.74 bits per heavy atom. The van der Waals surface area contributed by atoms with Gasteiger partial charge in [-0.2, -0.15) is 0 Å². The Morgan fingerprint density at radius 2 is 2.05 bits per heavy atom. The summed E-state index contributed by atoms with van der Waals surface area (Å²) in [5.74, 6) is 1.01. The van der Waals surface area contributed by atoms with Gasteiger partial charge in [0.25, 0.3) is 0 Å². The van der Waals surface area contributed by atoms with Crippen LogP contribution in [0, 0.1) is 10.1 Å². The lowest BCUT2D eigenvalue weighted by atomic mass is 10.3. The Bertz CT molecular complexity index is 618. The van der Waals surface area contributed by atoms with Gasteiger partial charge in [0.15, 0.2) is 0 Å². The molecule has 0 aliphatic heterocycles. The zero-order valence-electron chi connectivity index (χ0n) is 9.87. The van der Waals surface area contributed by atoms with Crippen LogP contribution in [0.1, 0.15) is 0 Å². The van der Waals surface area contributed by atoms with Crippen LogP contribution in [0.15, 0.2) is 36.5 Å². The van der Waals surface area contributed by atoms with Crippen LogP contribution in [-0.2, 0) is 0 Å². The number of ether oxygens (including phenoxy) is 2. The molecule has 2 rings (SSSR count). The Morgan fingerprint density at radius 1 is 1.32 bits per heavy atom. The van der Waals surface area contributed by atoms with E-state index in [1.54, 1.807) is 24.3 Å². The van der Waals surface area contributed by atoms with Crippen molar-refractivity contribution < 1.29 is 14.4 Å². The number of nitro groups is 1. The fourth-order valence-electron chi connectivity index (χ4n) is 1.42. The number of nitrogens with zero attached hydrogens (tertiary/aromatic N) is 2. The number of halogens is 1. The molecule has 0 aliphatic carbocycles. The Balaban J connectivity index is 2.34. The van der Waals surface area contributed by atoms with Gasteiger partial charge < -0.3 is 9.47 Å². The molecule has 0 saturated carbocycles. The second-order valence-corrected chi connectivity index (χ2v) is 3.90. The molecule has 0 amide bonds. The first-order valence-corrected chi connectivity index (χ1v) is 5.60. The third-order valence-electron chi connectivity index (χ3n) is 2.28. The number of aromatic nitrogens is 1. The summed E-state index contributed by atoms with van der Waals surface area (Å²) in [7, 11) is 1.52. The number of benzene rings is 1. The average Bonchev–Trinajstić information content (AvgIpc) is 2.41. The van der Waals surface area contributed by atoms with E-state index in [0.29, 0.717) is 11.5 Å². The summed E-state index contributed by atoms with van der Waals surface area (Å²) >= 11 is 5.62. The van der Waals surface area contributed by atoms with Crippen LogP contribution in [0.25, 0.3) is 0 Å². The number of hydrogen-bond donors (Lipinski definition) is 0. The third kappa shape index (κ3) is 3.11. The standard InChI is InChI=1S/C12H9ClN2O4/c1-18-8-3-2-4-9(5-8)19-11-7-14-12(13)6-10(11)15(16)17/h2-7H,1H3. The number of hydrogen-bond acceptors (Lipinski definition) is 5. The highest BCUT2D eigenvalue weighted by Gasteiger charge is 2.17. The SMILES string of the molecule is COc1cccc(Oc2cnc(Cl)cc2[N+](=O)[O-])c1. The molecule has 7 heteroatoms. The molecule has 0 aliphatic rings. The minimum atomic E-state index is -0.580. The molecule has 0 fully saturated rings. The van der Waals surface area contributed by atoms with Gasteiger partial charge in [-0.3, -0.25) is 10.1 Å². The minimum Gasteiger partial charge on any atom is -0.497 e. The van der Waals surface area contributed by atoms with Crippen molar-refractivity contribution in [3.8, 4) is 17.2 Å². The summed E-state index contributed by atoms with van der Waals surface area (Å²) in [6, 6.07) is 7.85. The second kappa shape index (κ2) is 5.53. The summed E-state index contributed by atoms with van der Waals surface area (Å²) in [6.07, 6.45) is 1.21. The first-order chi connectivity index (χ1) is 9.10. The third-order valence-corrected chi connectivity index (χ3v) is 2.49. The van der Waals surface area contributed by atoms with Gasteiger partial charge in [-0.25, -0.2) is 4.98 Å². The fourth-order valence-corrected chi connectivity index (χ4v) is 1.57. The zero-order valence-corrected chi connectivity index (χ0v) is 10.6. The van der Waals surface area contributed by atoms with Gasteiger partial charge in [0.2, 0.25) is 5.75 Å². The summed E-state index contributed by atoms with van der Waals surface area (Å²) < 4.78 is 10.5.